The Labute approximate surface area is 124 Å². The first kappa shape index (κ1) is 17.0. The van der Waals surface area contributed by atoms with Gasteiger partial charge in [0.1, 0.15) is 0 Å². The van der Waals surface area contributed by atoms with Crippen LogP contribution in [0.3, 0.4) is 0 Å². The van der Waals surface area contributed by atoms with Crippen LogP contribution in [0.5, 0.6) is 0 Å². The largest absolute Gasteiger partial charge is 0.378 e. The van der Waals surface area contributed by atoms with Crippen molar-refractivity contribution in [2.75, 3.05) is 38.6 Å². The lowest BCUT2D eigenvalue weighted by Gasteiger charge is -2.32. The summed E-state index contributed by atoms with van der Waals surface area (Å²) in [6.07, 6.45) is 1.22. The van der Waals surface area contributed by atoms with E-state index in [4.69, 9.17) is 5.73 Å². The first-order valence-corrected chi connectivity index (χ1v) is 7.74. The molecule has 20 heavy (non-hydrogen) atoms. The summed E-state index contributed by atoms with van der Waals surface area (Å²) in [5.41, 5.74) is 8.60. The molecule has 0 radical (unpaired) electrons. The van der Waals surface area contributed by atoms with Crippen LogP contribution < -0.4 is 10.6 Å². The number of nitrogens with two attached hydrogens (primary N) is 1. The van der Waals surface area contributed by atoms with Crippen molar-refractivity contribution in [2.24, 2.45) is 11.7 Å². The molecule has 1 aromatic carbocycles. The van der Waals surface area contributed by atoms with Crippen LogP contribution in [0.15, 0.2) is 24.3 Å². The fraction of sp³-hybridized carbons (Fsp3) is 0.647. The molecular formula is C17H31N3. The third-order valence-electron chi connectivity index (χ3n) is 4.11. The molecule has 2 N–H and O–H groups in total. The van der Waals surface area contributed by atoms with Crippen LogP contribution in [-0.2, 0) is 0 Å². The summed E-state index contributed by atoms with van der Waals surface area (Å²) in [7, 11) is 4.13. The summed E-state index contributed by atoms with van der Waals surface area (Å²) in [6, 6.07) is 9.10. The smallest absolute Gasteiger partial charge is 0.0470 e. The Kier molecular flexibility index (Phi) is 7.03. The van der Waals surface area contributed by atoms with E-state index in [1.807, 2.05) is 0 Å². The molecule has 0 saturated heterocycles. The first-order chi connectivity index (χ1) is 9.53. The predicted molar refractivity (Wildman–Crippen MR) is 89.3 cm³/mol. The van der Waals surface area contributed by atoms with Crippen molar-refractivity contribution in [3.63, 3.8) is 0 Å². The van der Waals surface area contributed by atoms with Crippen LogP contribution in [0.2, 0.25) is 0 Å². The minimum absolute atomic E-state index is 0.324. The second kappa shape index (κ2) is 8.28. The standard InChI is InChI=1S/C17H31N3/c1-6-14(3)13-20(7-2)17(12-18)15-8-10-16(11-9-15)19(4)5/h8-11,14,17H,6-7,12-13,18H2,1-5H3. The van der Waals surface area contributed by atoms with Crippen molar-refractivity contribution in [1.82, 2.24) is 4.90 Å². The maximum absolute atomic E-state index is 6.04. The molecule has 2 unspecified atom stereocenters. The summed E-state index contributed by atoms with van der Waals surface area (Å²) >= 11 is 0. The van der Waals surface area contributed by atoms with Gasteiger partial charge >= 0.3 is 0 Å². The van der Waals surface area contributed by atoms with Crippen molar-refractivity contribution in [3.8, 4) is 0 Å². The van der Waals surface area contributed by atoms with E-state index >= 15 is 0 Å². The van der Waals surface area contributed by atoms with E-state index in [9.17, 15) is 0 Å². The second-order valence-corrected chi connectivity index (χ2v) is 5.84. The van der Waals surface area contributed by atoms with E-state index in [0.29, 0.717) is 18.5 Å². The van der Waals surface area contributed by atoms with Gasteiger partial charge in [-0.3, -0.25) is 4.90 Å². The normalized spacial score (nSPS) is 14.3. The Hall–Kier alpha value is -1.06. The lowest BCUT2D eigenvalue weighted by atomic mass is 10.0. The van der Waals surface area contributed by atoms with Crippen LogP contribution in [0.25, 0.3) is 0 Å². The van der Waals surface area contributed by atoms with Crippen LogP contribution in [0.4, 0.5) is 5.69 Å². The number of nitrogens with zero attached hydrogens (tertiary/aromatic N) is 2. The highest BCUT2D eigenvalue weighted by Gasteiger charge is 2.19. The van der Waals surface area contributed by atoms with Gasteiger partial charge in [-0.05, 0) is 30.2 Å². The van der Waals surface area contributed by atoms with Crippen molar-refractivity contribution in [1.29, 1.82) is 0 Å². The Bertz CT molecular complexity index is 372. The molecule has 0 aromatic heterocycles. The maximum Gasteiger partial charge on any atom is 0.0470 e. The highest BCUT2D eigenvalue weighted by atomic mass is 15.2. The van der Waals surface area contributed by atoms with Gasteiger partial charge in [0.25, 0.3) is 0 Å². The van der Waals surface area contributed by atoms with Crippen molar-refractivity contribution < 1.29 is 0 Å². The number of benzene rings is 1. The molecule has 0 saturated carbocycles. The first-order valence-electron chi connectivity index (χ1n) is 7.74. The third kappa shape index (κ3) is 4.50. The van der Waals surface area contributed by atoms with E-state index in [1.165, 1.54) is 17.7 Å². The van der Waals surface area contributed by atoms with Gasteiger partial charge in [-0.25, -0.2) is 0 Å². The topological polar surface area (TPSA) is 32.5 Å². The summed E-state index contributed by atoms with van der Waals surface area (Å²) in [6.45, 7) is 9.62. The molecule has 0 spiro atoms. The fourth-order valence-corrected chi connectivity index (χ4v) is 2.50. The Morgan fingerprint density at radius 3 is 2.10 bits per heavy atom. The molecule has 0 heterocycles. The van der Waals surface area contributed by atoms with Gasteiger partial charge in [0, 0.05) is 38.9 Å². The Morgan fingerprint density at radius 2 is 1.70 bits per heavy atom. The van der Waals surface area contributed by atoms with Gasteiger partial charge in [0.15, 0.2) is 0 Å². The molecule has 114 valence electrons. The van der Waals surface area contributed by atoms with Gasteiger partial charge < -0.3 is 10.6 Å². The molecule has 0 aliphatic heterocycles. The number of rotatable bonds is 8. The minimum Gasteiger partial charge on any atom is -0.378 e. The summed E-state index contributed by atoms with van der Waals surface area (Å²) < 4.78 is 0. The zero-order valence-corrected chi connectivity index (χ0v) is 13.8. The molecule has 3 heteroatoms. The van der Waals surface area contributed by atoms with E-state index in [0.717, 1.165) is 13.1 Å². The molecule has 0 amide bonds. The van der Waals surface area contributed by atoms with Gasteiger partial charge in [-0.15, -0.1) is 0 Å². The average Bonchev–Trinajstić information content (AvgIpc) is 2.47. The lowest BCUT2D eigenvalue weighted by Crippen LogP contribution is -2.36. The van der Waals surface area contributed by atoms with Gasteiger partial charge in [-0.1, -0.05) is 39.3 Å². The van der Waals surface area contributed by atoms with Crippen LogP contribution in [0, 0.1) is 5.92 Å². The third-order valence-corrected chi connectivity index (χ3v) is 4.11. The maximum atomic E-state index is 6.04. The zero-order valence-electron chi connectivity index (χ0n) is 13.8. The number of hydrogen-bond donors (Lipinski definition) is 1. The average molecular weight is 277 g/mol. The summed E-state index contributed by atoms with van der Waals surface area (Å²) in [4.78, 5) is 4.62. The molecular weight excluding hydrogens is 246 g/mol. The Morgan fingerprint density at radius 1 is 1.10 bits per heavy atom. The molecule has 1 rings (SSSR count). The highest BCUT2D eigenvalue weighted by Crippen LogP contribution is 2.23. The number of anilines is 1. The lowest BCUT2D eigenvalue weighted by molar-refractivity contribution is 0.182. The Balaban J connectivity index is 2.87. The van der Waals surface area contributed by atoms with Crippen LogP contribution in [-0.4, -0.2) is 38.6 Å². The van der Waals surface area contributed by atoms with Crippen molar-refractivity contribution in [2.45, 2.75) is 33.2 Å². The minimum atomic E-state index is 0.324. The monoisotopic (exact) mass is 277 g/mol. The van der Waals surface area contributed by atoms with Gasteiger partial charge in [-0.2, -0.15) is 0 Å². The van der Waals surface area contributed by atoms with E-state index < -0.39 is 0 Å². The quantitative estimate of drug-likeness (QED) is 0.792. The van der Waals surface area contributed by atoms with E-state index in [-0.39, 0.29) is 0 Å². The molecule has 0 aliphatic rings. The van der Waals surface area contributed by atoms with Gasteiger partial charge in [0.2, 0.25) is 0 Å². The second-order valence-electron chi connectivity index (χ2n) is 5.84. The van der Waals surface area contributed by atoms with Crippen molar-refractivity contribution in [3.05, 3.63) is 29.8 Å². The van der Waals surface area contributed by atoms with Crippen LogP contribution >= 0.6 is 0 Å². The number of likely N-dealkylation sites (N-methyl/N-ethyl adjacent to an activating group) is 1. The molecule has 0 aliphatic carbocycles. The van der Waals surface area contributed by atoms with Gasteiger partial charge in [0.05, 0.1) is 0 Å². The summed E-state index contributed by atoms with van der Waals surface area (Å²) in [5.74, 6) is 0.713. The summed E-state index contributed by atoms with van der Waals surface area (Å²) in [5, 5.41) is 0. The number of hydrogen-bond acceptors (Lipinski definition) is 3. The molecule has 3 nitrogen and oxygen atoms in total. The molecule has 1 aromatic rings. The SMILES string of the molecule is CCC(C)CN(CC)C(CN)c1ccc(N(C)C)cc1. The molecule has 0 fully saturated rings. The molecule has 2 atom stereocenters. The predicted octanol–water partition coefficient (Wildman–Crippen LogP) is 3.12. The van der Waals surface area contributed by atoms with E-state index in [1.54, 1.807) is 0 Å². The van der Waals surface area contributed by atoms with E-state index in [2.05, 4.69) is 68.9 Å². The van der Waals surface area contributed by atoms with Crippen LogP contribution in [0.1, 0.15) is 38.8 Å². The van der Waals surface area contributed by atoms with Crippen molar-refractivity contribution >= 4 is 5.69 Å². The highest BCUT2D eigenvalue weighted by molar-refractivity contribution is 5.46. The molecule has 0 bridgehead atoms. The zero-order chi connectivity index (χ0) is 15.1. The fourth-order valence-electron chi connectivity index (χ4n) is 2.50.